The van der Waals surface area contributed by atoms with Crippen LogP contribution < -0.4 is 15.9 Å². The summed E-state index contributed by atoms with van der Waals surface area (Å²) in [6.45, 7) is 1.63. The predicted molar refractivity (Wildman–Crippen MR) is 124 cm³/mol. The van der Waals surface area contributed by atoms with Crippen molar-refractivity contribution in [2.45, 2.75) is 25.6 Å². The van der Waals surface area contributed by atoms with E-state index in [1.807, 2.05) is 0 Å². The first-order valence-corrected chi connectivity index (χ1v) is 11.0. The molecule has 0 atom stereocenters. The van der Waals surface area contributed by atoms with Crippen LogP contribution >= 0.6 is 24.9 Å². The van der Waals surface area contributed by atoms with E-state index in [1.54, 1.807) is 0 Å². The van der Waals surface area contributed by atoms with Crippen molar-refractivity contribution in [3.05, 3.63) is 90.5 Å². The van der Waals surface area contributed by atoms with E-state index in [2.05, 4.69) is 84.9 Å². The lowest BCUT2D eigenvalue weighted by Gasteiger charge is -2.23. The summed E-state index contributed by atoms with van der Waals surface area (Å²) in [6, 6.07) is 30.7. The zero-order chi connectivity index (χ0) is 18.3. The normalized spacial score (nSPS) is 14.6. The van der Waals surface area contributed by atoms with Crippen LogP contribution in [0.15, 0.2) is 84.9 Å². The molecule has 3 aromatic carbocycles. The van der Waals surface area contributed by atoms with E-state index in [-0.39, 0.29) is 23.3 Å². The van der Waals surface area contributed by atoms with Crippen molar-refractivity contribution >= 4 is 40.8 Å². The Morgan fingerprint density at radius 3 is 1.89 bits per heavy atom. The zero-order valence-electron chi connectivity index (χ0n) is 15.9. The van der Waals surface area contributed by atoms with Crippen LogP contribution in [0.25, 0.3) is 0 Å². The zero-order valence-corrected chi connectivity index (χ0v) is 18.5. The van der Waals surface area contributed by atoms with E-state index >= 15 is 0 Å². The smallest absolute Gasteiger partial charge is 0.157 e. The maximum Gasteiger partial charge on any atom is 0.157 e. The molecule has 4 rings (SSSR count). The van der Waals surface area contributed by atoms with E-state index in [0.717, 1.165) is 32.5 Å². The Morgan fingerprint density at radius 1 is 0.714 bits per heavy atom. The first kappa shape index (κ1) is 21.2. The molecule has 28 heavy (non-hydrogen) atoms. The summed E-state index contributed by atoms with van der Waals surface area (Å²) in [4.78, 5) is 0. The average molecular weight is 457 g/mol. The molecule has 0 aliphatic carbocycles. The van der Waals surface area contributed by atoms with Gasteiger partial charge < -0.3 is 9.47 Å². The predicted octanol–water partition coefficient (Wildman–Crippen LogP) is 4.72. The molecule has 1 aliphatic rings. The molecule has 146 valence electrons. The number of benzene rings is 3. The highest BCUT2D eigenvalue weighted by Crippen LogP contribution is 2.32. The molecular weight excluding hydrogens is 431 g/mol. The van der Waals surface area contributed by atoms with Gasteiger partial charge in [-0.25, -0.2) is 0 Å². The van der Waals surface area contributed by atoms with Gasteiger partial charge in [0.25, 0.3) is 0 Å². The molecule has 0 aromatic heterocycles. The van der Waals surface area contributed by atoms with Crippen molar-refractivity contribution in [1.82, 2.24) is 0 Å². The first-order valence-electron chi connectivity index (χ1n) is 9.62. The Hall–Kier alpha value is -1.51. The Morgan fingerprint density at radius 2 is 1.29 bits per heavy atom. The van der Waals surface area contributed by atoms with Crippen molar-refractivity contribution in [2.75, 3.05) is 13.2 Å². The number of hydrogen-bond acceptors (Lipinski definition) is 2. The number of ether oxygens (including phenoxy) is 2. The lowest BCUT2D eigenvalue weighted by molar-refractivity contribution is -0.180. The highest BCUT2D eigenvalue weighted by molar-refractivity contribution is 8.93. The molecule has 1 heterocycles. The molecule has 0 amide bonds. The molecule has 4 heteroatoms. The van der Waals surface area contributed by atoms with Gasteiger partial charge in [0, 0.05) is 6.42 Å². The summed E-state index contributed by atoms with van der Waals surface area (Å²) < 4.78 is 11.4. The molecule has 0 saturated carbocycles. The van der Waals surface area contributed by atoms with E-state index in [4.69, 9.17) is 9.47 Å². The third-order valence-electron chi connectivity index (χ3n) is 4.76. The average Bonchev–Trinajstić information content (AvgIpc) is 2.75. The van der Waals surface area contributed by atoms with Gasteiger partial charge in [-0.05, 0) is 42.2 Å². The number of aryl methyl sites for hydroxylation is 1. The Balaban J connectivity index is 0.00000225. The van der Waals surface area contributed by atoms with Crippen molar-refractivity contribution < 1.29 is 9.47 Å². The number of rotatable bonds is 6. The quantitative estimate of drug-likeness (QED) is 0.499. The third-order valence-corrected chi connectivity index (χ3v) is 7.19. The van der Waals surface area contributed by atoms with Gasteiger partial charge in [0.1, 0.15) is 0 Å². The second-order valence-corrected chi connectivity index (χ2v) is 8.96. The minimum Gasteiger partial charge on any atom is -0.353 e. The third kappa shape index (κ3) is 5.52. The van der Waals surface area contributed by atoms with Gasteiger partial charge in [-0.3, -0.25) is 0 Å². The second kappa shape index (κ2) is 10.9. The summed E-state index contributed by atoms with van der Waals surface area (Å²) in [5, 5.41) is 4.16. The van der Waals surface area contributed by atoms with Crippen LogP contribution in [0.2, 0.25) is 0 Å². The Labute approximate surface area is 179 Å². The Kier molecular flexibility index (Phi) is 8.24. The van der Waals surface area contributed by atoms with Crippen molar-refractivity contribution in [2.24, 2.45) is 0 Å². The first-order chi connectivity index (χ1) is 13.4. The molecule has 0 spiro atoms. The van der Waals surface area contributed by atoms with Crippen LogP contribution in [0, 0.1) is 0 Å². The van der Waals surface area contributed by atoms with Crippen LogP contribution in [0.5, 0.6) is 0 Å². The van der Waals surface area contributed by atoms with Crippen LogP contribution in [0.3, 0.4) is 0 Å². The summed E-state index contributed by atoms with van der Waals surface area (Å²) >= 11 is 0. The van der Waals surface area contributed by atoms with Gasteiger partial charge in [-0.2, -0.15) is 0 Å². The van der Waals surface area contributed by atoms with Crippen molar-refractivity contribution in [3.63, 3.8) is 0 Å². The summed E-state index contributed by atoms with van der Waals surface area (Å²) in [7, 11) is -0.550. The van der Waals surface area contributed by atoms with Gasteiger partial charge in [0.05, 0.1) is 13.2 Å². The largest absolute Gasteiger partial charge is 0.353 e. The molecular formula is C24H26BrO2P. The second-order valence-electron chi connectivity index (χ2n) is 6.74. The highest BCUT2D eigenvalue weighted by Gasteiger charge is 2.17. The van der Waals surface area contributed by atoms with Gasteiger partial charge in [0.2, 0.25) is 0 Å². The SMILES string of the molecule is Br.c1ccc(P(c2ccccc2)c2cccc(CCC3OCCCO3)c2)cc1. The summed E-state index contributed by atoms with van der Waals surface area (Å²) in [5.41, 5.74) is 1.35. The van der Waals surface area contributed by atoms with Crippen molar-refractivity contribution in [3.8, 4) is 0 Å². The van der Waals surface area contributed by atoms with Crippen LogP contribution in [0.1, 0.15) is 18.4 Å². The Bertz CT molecular complexity index is 796. The minimum atomic E-state index is -0.550. The van der Waals surface area contributed by atoms with Gasteiger partial charge in [0.15, 0.2) is 6.29 Å². The van der Waals surface area contributed by atoms with E-state index in [1.165, 1.54) is 21.5 Å². The monoisotopic (exact) mass is 456 g/mol. The minimum absolute atomic E-state index is 0. The fourth-order valence-corrected chi connectivity index (χ4v) is 5.81. The van der Waals surface area contributed by atoms with Crippen LogP contribution in [-0.4, -0.2) is 19.5 Å². The number of halogens is 1. The molecule has 1 saturated heterocycles. The van der Waals surface area contributed by atoms with Crippen LogP contribution in [-0.2, 0) is 15.9 Å². The molecule has 1 fully saturated rings. The molecule has 0 bridgehead atoms. The van der Waals surface area contributed by atoms with Gasteiger partial charge in [-0.15, -0.1) is 17.0 Å². The van der Waals surface area contributed by atoms with Crippen LogP contribution in [0.4, 0.5) is 0 Å². The standard InChI is InChI=1S/C24H25O2P.BrH/c1-3-10-21(11-4-1)27(22-12-5-2-6-13-22)23-14-7-9-20(19-23)15-16-24-25-17-8-18-26-24;/h1-7,9-14,19,24H,8,15-18H2;1H. The topological polar surface area (TPSA) is 18.5 Å². The maximum atomic E-state index is 5.70. The van der Waals surface area contributed by atoms with Gasteiger partial charge in [-0.1, -0.05) is 84.9 Å². The van der Waals surface area contributed by atoms with E-state index < -0.39 is 7.92 Å². The summed E-state index contributed by atoms with van der Waals surface area (Å²) in [6.07, 6.45) is 2.85. The molecule has 0 radical (unpaired) electrons. The fourth-order valence-electron chi connectivity index (χ4n) is 3.44. The molecule has 0 unspecified atom stereocenters. The van der Waals surface area contributed by atoms with Crippen molar-refractivity contribution in [1.29, 1.82) is 0 Å². The van der Waals surface area contributed by atoms with E-state index in [9.17, 15) is 0 Å². The lowest BCUT2D eigenvalue weighted by atomic mass is 10.1. The molecule has 3 aromatic rings. The number of hydrogen-bond donors (Lipinski definition) is 0. The lowest BCUT2D eigenvalue weighted by Crippen LogP contribution is -2.25. The molecule has 2 nitrogen and oxygen atoms in total. The van der Waals surface area contributed by atoms with Gasteiger partial charge >= 0.3 is 0 Å². The fraction of sp³-hybridized carbons (Fsp3) is 0.250. The molecule has 0 N–H and O–H groups in total. The highest BCUT2D eigenvalue weighted by atomic mass is 79.9. The maximum absolute atomic E-state index is 5.70. The van der Waals surface area contributed by atoms with E-state index in [0.29, 0.717) is 0 Å². The molecule has 1 aliphatic heterocycles. The summed E-state index contributed by atoms with van der Waals surface area (Å²) in [5.74, 6) is 0.